The van der Waals surface area contributed by atoms with Gasteiger partial charge in [-0.15, -0.1) is 0 Å². The van der Waals surface area contributed by atoms with E-state index in [0.29, 0.717) is 23.6 Å². The van der Waals surface area contributed by atoms with Crippen LogP contribution in [0.25, 0.3) is 16.9 Å². The number of amides is 1. The molecule has 0 saturated heterocycles. The molecule has 7 heteroatoms. The van der Waals surface area contributed by atoms with Crippen molar-refractivity contribution in [2.45, 2.75) is 6.42 Å². The molecule has 0 saturated carbocycles. The summed E-state index contributed by atoms with van der Waals surface area (Å²) >= 11 is 0. The van der Waals surface area contributed by atoms with Gasteiger partial charge >= 0.3 is 0 Å². The third kappa shape index (κ3) is 3.94. The smallest absolute Gasteiger partial charge is 0.273 e. The zero-order chi connectivity index (χ0) is 20.2. The predicted octanol–water partition coefficient (Wildman–Crippen LogP) is 3.11. The predicted molar refractivity (Wildman–Crippen MR) is 110 cm³/mol. The molecule has 7 nitrogen and oxygen atoms in total. The number of nitrogens with zero attached hydrogens (tertiary/aromatic N) is 5. The molecule has 0 N–H and O–H groups in total. The lowest BCUT2D eigenvalue weighted by atomic mass is 10.1. The van der Waals surface area contributed by atoms with E-state index >= 15 is 0 Å². The van der Waals surface area contributed by atoms with Crippen LogP contribution in [0.3, 0.4) is 0 Å². The minimum atomic E-state index is -0.122. The van der Waals surface area contributed by atoms with E-state index in [-0.39, 0.29) is 5.91 Å². The average Bonchev–Trinajstić information content (AvgIpc) is 3.22. The zero-order valence-electron chi connectivity index (χ0n) is 16.3. The molecule has 3 aromatic heterocycles. The summed E-state index contributed by atoms with van der Waals surface area (Å²) in [5, 5.41) is 0. The highest BCUT2D eigenvalue weighted by molar-refractivity contribution is 5.93. The van der Waals surface area contributed by atoms with Gasteiger partial charge in [0, 0.05) is 50.1 Å². The number of methoxy groups -OCH3 is 1. The van der Waals surface area contributed by atoms with Crippen LogP contribution in [-0.2, 0) is 6.42 Å². The van der Waals surface area contributed by atoms with Crippen LogP contribution in [0, 0.1) is 0 Å². The van der Waals surface area contributed by atoms with E-state index in [2.05, 4.69) is 15.0 Å². The van der Waals surface area contributed by atoms with Crippen molar-refractivity contribution in [1.29, 1.82) is 0 Å². The van der Waals surface area contributed by atoms with E-state index in [1.807, 2.05) is 40.8 Å². The molecule has 0 fully saturated rings. The summed E-state index contributed by atoms with van der Waals surface area (Å²) in [5.41, 5.74) is 3.80. The van der Waals surface area contributed by atoms with Crippen molar-refractivity contribution in [3.8, 4) is 17.0 Å². The fourth-order valence-corrected chi connectivity index (χ4v) is 3.12. The summed E-state index contributed by atoms with van der Waals surface area (Å²) in [7, 11) is 3.42. The normalized spacial score (nSPS) is 10.8. The molecule has 4 rings (SSSR count). The monoisotopic (exact) mass is 387 g/mol. The Morgan fingerprint density at radius 2 is 1.86 bits per heavy atom. The Morgan fingerprint density at radius 3 is 2.59 bits per heavy atom. The number of imidazole rings is 1. The number of likely N-dealkylation sites (N-methyl/N-ethyl adjacent to an activating group) is 1. The SMILES string of the molecule is COc1ccc(-c2nccn3cc(C(=O)N(C)CCc4ccncc4)nc23)cc1. The lowest BCUT2D eigenvalue weighted by Gasteiger charge is -2.15. The van der Waals surface area contributed by atoms with E-state index < -0.39 is 0 Å². The number of hydrogen-bond acceptors (Lipinski definition) is 5. The molecule has 3 heterocycles. The van der Waals surface area contributed by atoms with Crippen LogP contribution in [0.15, 0.2) is 67.4 Å². The van der Waals surface area contributed by atoms with E-state index in [9.17, 15) is 4.79 Å². The van der Waals surface area contributed by atoms with Crippen LogP contribution in [0.5, 0.6) is 5.75 Å². The number of carbonyl (C=O) groups excluding carboxylic acids is 1. The highest BCUT2D eigenvalue weighted by Crippen LogP contribution is 2.24. The number of aromatic nitrogens is 4. The van der Waals surface area contributed by atoms with Gasteiger partial charge in [-0.05, 0) is 48.4 Å². The Hall–Kier alpha value is -3.74. The van der Waals surface area contributed by atoms with Crippen molar-refractivity contribution >= 4 is 11.6 Å². The number of fused-ring (bicyclic) bond motifs is 1. The molecular weight excluding hydrogens is 366 g/mol. The van der Waals surface area contributed by atoms with Crippen LogP contribution in [-0.4, -0.2) is 50.9 Å². The van der Waals surface area contributed by atoms with Crippen LogP contribution in [0.1, 0.15) is 16.1 Å². The molecular formula is C22H21N5O2. The lowest BCUT2D eigenvalue weighted by Crippen LogP contribution is -2.29. The molecule has 0 bridgehead atoms. The van der Waals surface area contributed by atoms with Gasteiger partial charge in [0.05, 0.1) is 7.11 Å². The lowest BCUT2D eigenvalue weighted by molar-refractivity contribution is 0.0791. The Bertz CT molecular complexity index is 1120. The molecule has 1 aromatic carbocycles. The summed E-state index contributed by atoms with van der Waals surface area (Å²) in [6.07, 6.45) is 9.52. The summed E-state index contributed by atoms with van der Waals surface area (Å²) < 4.78 is 7.04. The Kier molecular flexibility index (Phi) is 5.20. The molecule has 0 atom stereocenters. The molecule has 0 spiro atoms. The van der Waals surface area contributed by atoms with E-state index in [1.54, 1.807) is 50.0 Å². The molecule has 0 aliphatic carbocycles. The third-order valence-electron chi connectivity index (χ3n) is 4.79. The Morgan fingerprint density at radius 1 is 1.10 bits per heavy atom. The molecule has 0 aliphatic heterocycles. The van der Waals surface area contributed by atoms with Gasteiger partial charge in [-0.1, -0.05) is 0 Å². The first-order chi connectivity index (χ1) is 14.2. The summed E-state index contributed by atoms with van der Waals surface area (Å²) in [5.74, 6) is 0.652. The molecule has 1 amide bonds. The van der Waals surface area contributed by atoms with Gasteiger partial charge in [-0.25, -0.2) is 4.98 Å². The number of carbonyl (C=O) groups is 1. The summed E-state index contributed by atoms with van der Waals surface area (Å²) in [6.45, 7) is 0.598. The maximum atomic E-state index is 12.9. The first kappa shape index (κ1) is 18.6. The second-order valence-corrected chi connectivity index (χ2v) is 6.69. The van der Waals surface area contributed by atoms with Crippen molar-refractivity contribution in [1.82, 2.24) is 24.3 Å². The van der Waals surface area contributed by atoms with Crippen LogP contribution < -0.4 is 4.74 Å². The number of pyridine rings is 1. The van der Waals surface area contributed by atoms with E-state index in [0.717, 1.165) is 23.3 Å². The first-order valence-electron chi connectivity index (χ1n) is 9.28. The highest BCUT2D eigenvalue weighted by Gasteiger charge is 2.18. The quantitative estimate of drug-likeness (QED) is 0.508. The molecule has 0 radical (unpaired) electrons. The van der Waals surface area contributed by atoms with Crippen LogP contribution in [0.4, 0.5) is 0 Å². The first-order valence-corrected chi connectivity index (χ1v) is 9.28. The van der Waals surface area contributed by atoms with Crippen molar-refractivity contribution < 1.29 is 9.53 Å². The third-order valence-corrected chi connectivity index (χ3v) is 4.79. The second-order valence-electron chi connectivity index (χ2n) is 6.69. The fourth-order valence-electron chi connectivity index (χ4n) is 3.12. The maximum Gasteiger partial charge on any atom is 0.273 e. The highest BCUT2D eigenvalue weighted by atomic mass is 16.5. The topological polar surface area (TPSA) is 72.6 Å². The molecule has 0 unspecified atom stereocenters. The standard InChI is InChI=1S/C22H21N5O2/c1-26(13-9-16-7-10-23-11-8-16)22(28)19-15-27-14-12-24-20(21(27)25-19)17-3-5-18(29-2)6-4-17/h3-8,10-12,14-15H,9,13H2,1-2H3. The van der Waals surface area contributed by atoms with Gasteiger partial charge < -0.3 is 14.0 Å². The van der Waals surface area contributed by atoms with Crippen LogP contribution in [0.2, 0.25) is 0 Å². The largest absolute Gasteiger partial charge is 0.497 e. The van der Waals surface area contributed by atoms with E-state index in [4.69, 9.17) is 4.74 Å². The van der Waals surface area contributed by atoms with Crippen molar-refractivity contribution in [3.05, 3.63) is 78.6 Å². The van der Waals surface area contributed by atoms with Crippen molar-refractivity contribution in [3.63, 3.8) is 0 Å². The molecule has 4 aromatic rings. The number of rotatable bonds is 6. The molecule has 0 aliphatic rings. The van der Waals surface area contributed by atoms with Gasteiger partial charge in [0.25, 0.3) is 5.91 Å². The van der Waals surface area contributed by atoms with Gasteiger partial charge in [-0.2, -0.15) is 0 Å². The van der Waals surface area contributed by atoms with Gasteiger partial charge in [-0.3, -0.25) is 14.8 Å². The minimum absolute atomic E-state index is 0.122. The molecule has 146 valence electrons. The van der Waals surface area contributed by atoms with Crippen LogP contribution >= 0.6 is 0 Å². The average molecular weight is 387 g/mol. The second kappa shape index (κ2) is 8.10. The number of ether oxygens (including phenoxy) is 1. The van der Waals surface area contributed by atoms with Gasteiger partial charge in [0.1, 0.15) is 17.1 Å². The number of benzene rings is 1. The zero-order valence-corrected chi connectivity index (χ0v) is 16.3. The maximum absolute atomic E-state index is 12.9. The fraction of sp³-hybridized carbons (Fsp3) is 0.182. The summed E-state index contributed by atoms with van der Waals surface area (Å²) in [4.78, 5) is 27.6. The number of hydrogen-bond donors (Lipinski definition) is 0. The van der Waals surface area contributed by atoms with Crippen molar-refractivity contribution in [2.75, 3.05) is 20.7 Å². The minimum Gasteiger partial charge on any atom is -0.497 e. The van der Waals surface area contributed by atoms with Crippen molar-refractivity contribution in [2.24, 2.45) is 0 Å². The Balaban J connectivity index is 1.57. The Labute approximate surface area is 168 Å². The van der Waals surface area contributed by atoms with Gasteiger partial charge in [0.2, 0.25) is 0 Å². The van der Waals surface area contributed by atoms with E-state index in [1.165, 1.54) is 0 Å². The summed E-state index contributed by atoms with van der Waals surface area (Å²) in [6, 6.07) is 11.5. The molecule has 29 heavy (non-hydrogen) atoms. The van der Waals surface area contributed by atoms with Gasteiger partial charge in [0.15, 0.2) is 5.65 Å².